The van der Waals surface area contributed by atoms with E-state index in [1.54, 1.807) is 6.07 Å². The predicted octanol–water partition coefficient (Wildman–Crippen LogP) is 2.47. The van der Waals surface area contributed by atoms with Gasteiger partial charge in [0.25, 0.3) is 0 Å². The van der Waals surface area contributed by atoms with Crippen LogP contribution in [-0.2, 0) is 12.7 Å². The van der Waals surface area contributed by atoms with Crippen molar-refractivity contribution in [2.24, 2.45) is 0 Å². The minimum atomic E-state index is -4.55. The summed E-state index contributed by atoms with van der Waals surface area (Å²) in [5, 5.41) is 11.0. The van der Waals surface area contributed by atoms with Gasteiger partial charge >= 0.3 is 6.18 Å². The van der Waals surface area contributed by atoms with Crippen LogP contribution in [0.15, 0.2) is 6.20 Å². The van der Waals surface area contributed by atoms with E-state index in [1.165, 1.54) is 0 Å². The number of nitriles is 1. The second-order valence-electron chi connectivity index (χ2n) is 2.49. The lowest BCUT2D eigenvalue weighted by Crippen LogP contribution is -2.08. The number of alkyl halides is 3. The topological polar surface area (TPSA) is 41.6 Å². The second-order valence-corrected chi connectivity index (χ2v) is 2.90. The van der Waals surface area contributed by atoms with Crippen LogP contribution < -0.4 is 0 Å². The Balaban J connectivity index is 2.89. The van der Waals surface area contributed by atoms with E-state index in [0.29, 0.717) is 0 Å². The van der Waals surface area contributed by atoms with Crippen LogP contribution in [0.25, 0.3) is 0 Å². The molecule has 0 radical (unpaired) electrons. The summed E-state index contributed by atoms with van der Waals surface area (Å²) in [6.45, 7) is 0.103. The second kappa shape index (κ2) is 3.88. The van der Waals surface area contributed by atoms with E-state index < -0.39 is 16.9 Å². The molecule has 1 heterocycles. The fraction of sp³-hybridized carbons (Fsp3) is 0.429. The van der Waals surface area contributed by atoms with E-state index >= 15 is 0 Å². The lowest BCUT2D eigenvalue weighted by molar-refractivity contribution is -0.141. The molecular weight excluding hydrogens is 219 g/mol. The zero-order chi connectivity index (χ0) is 10.8. The Hall–Kier alpha value is -1.22. The van der Waals surface area contributed by atoms with Gasteiger partial charge in [0, 0.05) is 6.20 Å². The van der Waals surface area contributed by atoms with Crippen molar-refractivity contribution in [1.29, 1.82) is 5.26 Å². The van der Waals surface area contributed by atoms with Gasteiger partial charge in [-0.05, 0) is 0 Å². The predicted molar refractivity (Wildman–Crippen MR) is 42.5 cm³/mol. The summed E-state index contributed by atoms with van der Waals surface area (Å²) < 4.78 is 37.5. The maximum absolute atomic E-state index is 12.2. The average Bonchev–Trinajstić information content (AvgIpc) is 2.42. The molecule has 0 unspecified atom stereocenters. The number of nitrogens with zero attached hydrogens (tertiary/aromatic N) is 3. The molecule has 1 rings (SSSR count). The molecule has 0 aliphatic carbocycles. The molecule has 0 saturated heterocycles. The average molecular weight is 224 g/mol. The molecule has 0 atom stereocenters. The van der Waals surface area contributed by atoms with Crippen LogP contribution in [0, 0.1) is 11.3 Å². The molecule has 14 heavy (non-hydrogen) atoms. The molecule has 0 aliphatic rings. The van der Waals surface area contributed by atoms with Crippen molar-refractivity contribution in [2.75, 3.05) is 0 Å². The van der Waals surface area contributed by atoms with Gasteiger partial charge in [-0.25, -0.2) is 0 Å². The van der Waals surface area contributed by atoms with Gasteiger partial charge in [-0.2, -0.15) is 23.5 Å². The van der Waals surface area contributed by atoms with Gasteiger partial charge < -0.3 is 0 Å². The van der Waals surface area contributed by atoms with Gasteiger partial charge in [0.1, 0.15) is 0 Å². The van der Waals surface area contributed by atoms with Crippen LogP contribution >= 0.6 is 11.6 Å². The van der Waals surface area contributed by atoms with Crippen LogP contribution in [0.1, 0.15) is 12.1 Å². The van der Waals surface area contributed by atoms with E-state index in [4.69, 9.17) is 16.9 Å². The highest BCUT2D eigenvalue weighted by Gasteiger charge is 2.36. The largest absolute Gasteiger partial charge is 0.436 e. The molecule has 0 spiro atoms. The first-order chi connectivity index (χ1) is 6.45. The van der Waals surface area contributed by atoms with Crippen molar-refractivity contribution in [3.05, 3.63) is 16.9 Å². The van der Waals surface area contributed by atoms with Crippen LogP contribution in [-0.4, -0.2) is 9.78 Å². The number of aryl methyl sites for hydroxylation is 1. The number of halogens is 4. The molecule has 3 nitrogen and oxygen atoms in total. The van der Waals surface area contributed by atoms with Crippen molar-refractivity contribution in [1.82, 2.24) is 9.78 Å². The summed E-state index contributed by atoms with van der Waals surface area (Å²) in [6, 6.07) is 1.80. The van der Waals surface area contributed by atoms with Crippen molar-refractivity contribution in [3.63, 3.8) is 0 Å². The maximum Gasteiger partial charge on any atom is 0.436 e. The minimum Gasteiger partial charge on any atom is -0.270 e. The molecular formula is C7H5ClF3N3. The van der Waals surface area contributed by atoms with Gasteiger partial charge in [-0.15, -0.1) is 0 Å². The third-order valence-corrected chi connectivity index (χ3v) is 1.71. The Morgan fingerprint density at radius 2 is 2.21 bits per heavy atom. The smallest absolute Gasteiger partial charge is 0.270 e. The van der Waals surface area contributed by atoms with Crippen molar-refractivity contribution in [2.45, 2.75) is 19.1 Å². The van der Waals surface area contributed by atoms with E-state index in [0.717, 1.165) is 10.9 Å². The molecule has 0 amide bonds. The zero-order valence-corrected chi connectivity index (χ0v) is 7.60. The monoisotopic (exact) mass is 223 g/mol. The third-order valence-electron chi connectivity index (χ3n) is 1.44. The first-order valence-electron chi connectivity index (χ1n) is 3.62. The number of rotatable bonds is 2. The SMILES string of the molecule is N#CCCn1cc(Cl)c(C(F)(F)F)n1. The molecule has 1 aromatic heterocycles. The summed E-state index contributed by atoms with van der Waals surface area (Å²) in [4.78, 5) is 0. The molecule has 0 N–H and O–H groups in total. The summed E-state index contributed by atoms with van der Waals surface area (Å²) in [7, 11) is 0. The Bertz CT molecular complexity index is 363. The van der Waals surface area contributed by atoms with Crippen LogP contribution in [0.3, 0.4) is 0 Å². The molecule has 0 bridgehead atoms. The van der Waals surface area contributed by atoms with Gasteiger partial charge in [0.15, 0.2) is 5.69 Å². The van der Waals surface area contributed by atoms with Crippen molar-refractivity contribution >= 4 is 11.6 Å². The molecule has 0 aliphatic heterocycles. The number of aromatic nitrogens is 2. The zero-order valence-electron chi connectivity index (χ0n) is 6.85. The molecule has 76 valence electrons. The van der Waals surface area contributed by atoms with Gasteiger partial charge in [-0.1, -0.05) is 11.6 Å². The summed E-state index contributed by atoms with van der Waals surface area (Å²) in [5.74, 6) is 0. The third kappa shape index (κ3) is 2.39. The van der Waals surface area contributed by atoms with E-state index in [-0.39, 0.29) is 13.0 Å². The highest BCUT2D eigenvalue weighted by atomic mass is 35.5. The Kier molecular flexibility index (Phi) is 3.01. The van der Waals surface area contributed by atoms with Gasteiger partial charge in [0.2, 0.25) is 0 Å². The highest BCUT2D eigenvalue weighted by molar-refractivity contribution is 6.31. The van der Waals surface area contributed by atoms with E-state index in [9.17, 15) is 13.2 Å². The first kappa shape index (κ1) is 10.9. The summed E-state index contributed by atoms with van der Waals surface area (Å²) >= 11 is 5.32. The molecule has 7 heteroatoms. The van der Waals surface area contributed by atoms with Crippen molar-refractivity contribution in [3.8, 4) is 6.07 Å². The Morgan fingerprint density at radius 3 is 2.64 bits per heavy atom. The van der Waals surface area contributed by atoms with Crippen LogP contribution in [0.4, 0.5) is 13.2 Å². The van der Waals surface area contributed by atoms with E-state index in [2.05, 4.69) is 5.10 Å². The van der Waals surface area contributed by atoms with Crippen LogP contribution in [0.5, 0.6) is 0 Å². The Morgan fingerprint density at radius 1 is 1.57 bits per heavy atom. The number of hydrogen-bond donors (Lipinski definition) is 0. The highest BCUT2D eigenvalue weighted by Crippen LogP contribution is 2.32. The minimum absolute atomic E-state index is 0.0926. The Labute approximate surface area is 82.7 Å². The van der Waals surface area contributed by atoms with Gasteiger partial charge in [-0.3, -0.25) is 4.68 Å². The van der Waals surface area contributed by atoms with E-state index in [1.807, 2.05) is 0 Å². The summed E-state index contributed by atoms with van der Waals surface area (Å²) in [6.07, 6.45) is -3.40. The normalized spacial score (nSPS) is 11.4. The lowest BCUT2D eigenvalue weighted by Gasteiger charge is -2.01. The lowest BCUT2D eigenvalue weighted by atomic mass is 10.4. The molecule has 0 aromatic carbocycles. The fourth-order valence-corrected chi connectivity index (χ4v) is 1.13. The molecule has 0 fully saturated rings. The van der Waals surface area contributed by atoms with Crippen molar-refractivity contribution < 1.29 is 13.2 Å². The molecule has 1 aromatic rings. The molecule has 0 saturated carbocycles. The quantitative estimate of drug-likeness (QED) is 0.773. The van der Waals surface area contributed by atoms with Gasteiger partial charge in [0.05, 0.1) is 24.1 Å². The number of hydrogen-bond acceptors (Lipinski definition) is 2. The maximum atomic E-state index is 12.2. The standard InChI is InChI=1S/C7H5ClF3N3/c8-5-4-14(3-1-2-12)13-6(5)7(9,10)11/h4H,1,3H2. The van der Waals surface area contributed by atoms with Crippen LogP contribution in [0.2, 0.25) is 5.02 Å². The fourth-order valence-electron chi connectivity index (χ4n) is 0.868. The first-order valence-corrected chi connectivity index (χ1v) is 4.00. The summed E-state index contributed by atoms with van der Waals surface area (Å²) in [5.41, 5.74) is -1.11.